The summed E-state index contributed by atoms with van der Waals surface area (Å²) in [4.78, 5) is 24.8. The van der Waals surface area contributed by atoms with E-state index in [-0.39, 0.29) is 12.5 Å². The first-order chi connectivity index (χ1) is 13.7. The van der Waals surface area contributed by atoms with Crippen LogP contribution in [0.2, 0.25) is 0 Å². The number of likely N-dealkylation sites (N-methyl/N-ethyl adjacent to an activating group) is 1. The molecule has 1 atom stereocenters. The number of benzene rings is 1. The van der Waals surface area contributed by atoms with Gasteiger partial charge in [-0.1, -0.05) is 6.07 Å². The Labute approximate surface area is 170 Å². The second-order valence-electron chi connectivity index (χ2n) is 7.19. The zero-order valence-corrected chi connectivity index (χ0v) is 17.0. The Morgan fingerprint density at radius 2 is 1.83 bits per heavy atom. The summed E-state index contributed by atoms with van der Waals surface area (Å²) >= 11 is 0. The Morgan fingerprint density at radius 1 is 1.23 bits per heavy atom. The minimum Gasteiger partial charge on any atom is -0.475 e. The lowest BCUT2D eigenvalue weighted by molar-refractivity contribution is -0.192. The van der Waals surface area contributed by atoms with Crippen molar-refractivity contribution in [3.8, 4) is 0 Å². The molecule has 13 heteroatoms. The van der Waals surface area contributed by atoms with E-state index in [0.29, 0.717) is 31.7 Å². The summed E-state index contributed by atoms with van der Waals surface area (Å²) < 4.78 is 70.3. The fourth-order valence-electron chi connectivity index (χ4n) is 3.38. The Hall–Kier alpha value is -2.25. The third kappa shape index (κ3) is 5.46. The number of piperazine rings is 1. The number of nitrogens with zero attached hydrogens (tertiary/aromatic N) is 3. The van der Waals surface area contributed by atoms with Gasteiger partial charge in [0.25, 0.3) is 0 Å². The first-order valence-electron chi connectivity index (χ1n) is 8.68. The largest absolute Gasteiger partial charge is 0.490 e. The molecule has 1 N–H and O–H groups in total. The van der Waals surface area contributed by atoms with Crippen molar-refractivity contribution < 1.29 is 40.7 Å². The van der Waals surface area contributed by atoms with Crippen LogP contribution in [0.1, 0.15) is 6.42 Å². The van der Waals surface area contributed by atoms with Crippen LogP contribution in [0.5, 0.6) is 0 Å². The summed E-state index contributed by atoms with van der Waals surface area (Å²) in [5.74, 6) is -3.26. The van der Waals surface area contributed by atoms with Crippen molar-refractivity contribution in [2.45, 2.75) is 18.1 Å². The average molecular weight is 455 g/mol. The second-order valence-corrected chi connectivity index (χ2v) is 9.17. The van der Waals surface area contributed by atoms with E-state index in [0.717, 1.165) is 0 Å². The molecule has 2 fully saturated rings. The number of rotatable bonds is 2. The summed E-state index contributed by atoms with van der Waals surface area (Å²) in [5.41, 5.74) is 0.0869. The van der Waals surface area contributed by atoms with Crippen LogP contribution < -0.4 is 4.90 Å². The number of carboxylic acids is 1. The van der Waals surface area contributed by atoms with Crippen LogP contribution in [0.25, 0.3) is 0 Å². The van der Waals surface area contributed by atoms with Gasteiger partial charge in [-0.2, -0.15) is 13.2 Å². The zero-order valence-electron chi connectivity index (χ0n) is 16.2. The highest BCUT2D eigenvalue weighted by Crippen LogP contribution is 2.34. The van der Waals surface area contributed by atoms with Crippen molar-refractivity contribution in [1.82, 2.24) is 9.21 Å². The van der Waals surface area contributed by atoms with E-state index in [1.54, 1.807) is 17.0 Å². The molecule has 1 amide bonds. The molecule has 0 saturated carbocycles. The first-order valence-corrected chi connectivity index (χ1v) is 10.5. The predicted molar refractivity (Wildman–Crippen MR) is 98.8 cm³/mol. The average Bonchev–Trinajstić information content (AvgIpc) is 3.04. The number of aliphatic carboxylic acids is 1. The predicted octanol–water partition coefficient (Wildman–Crippen LogP) is 1.14. The summed E-state index contributed by atoms with van der Waals surface area (Å²) in [7, 11) is -1.42. The molecule has 2 heterocycles. The first kappa shape index (κ1) is 24.0. The van der Waals surface area contributed by atoms with E-state index < -0.39 is 33.5 Å². The number of sulfonamides is 1. The molecule has 2 saturated heterocycles. The van der Waals surface area contributed by atoms with Crippen molar-refractivity contribution in [3.63, 3.8) is 0 Å². The van der Waals surface area contributed by atoms with Gasteiger partial charge in [-0.25, -0.2) is 21.9 Å². The van der Waals surface area contributed by atoms with Crippen LogP contribution in [0.15, 0.2) is 24.3 Å². The van der Waals surface area contributed by atoms with Crippen LogP contribution in [-0.4, -0.2) is 85.8 Å². The second kappa shape index (κ2) is 8.47. The maximum atomic E-state index is 13.5. The van der Waals surface area contributed by atoms with E-state index in [2.05, 4.69) is 0 Å². The molecule has 0 bridgehead atoms. The maximum Gasteiger partial charge on any atom is 0.490 e. The molecule has 0 aliphatic carbocycles. The van der Waals surface area contributed by atoms with Gasteiger partial charge in [0.2, 0.25) is 15.9 Å². The van der Waals surface area contributed by atoms with Crippen LogP contribution in [0.4, 0.5) is 23.2 Å². The highest BCUT2D eigenvalue weighted by atomic mass is 32.2. The molecule has 30 heavy (non-hydrogen) atoms. The number of carbonyl (C=O) groups excluding carboxylic acids is 1. The molecule has 8 nitrogen and oxygen atoms in total. The number of hydrogen-bond acceptors (Lipinski definition) is 5. The number of carboxylic acid groups (broad SMARTS) is 1. The third-order valence-corrected chi connectivity index (χ3v) is 6.31. The molecule has 2 aliphatic rings. The van der Waals surface area contributed by atoms with E-state index in [4.69, 9.17) is 9.90 Å². The van der Waals surface area contributed by atoms with Gasteiger partial charge in [-0.05, 0) is 31.7 Å². The molecule has 0 radical (unpaired) electrons. The van der Waals surface area contributed by atoms with Crippen LogP contribution in [0, 0.1) is 5.82 Å². The van der Waals surface area contributed by atoms with Gasteiger partial charge in [0.15, 0.2) is 0 Å². The number of hydrogen-bond donors (Lipinski definition) is 1. The summed E-state index contributed by atoms with van der Waals surface area (Å²) in [6.45, 7) is 1.34. The number of amides is 1. The quantitative estimate of drug-likeness (QED) is 0.672. The molecular formula is C17H21F4N3O5S. The molecule has 2 aliphatic heterocycles. The van der Waals surface area contributed by atoms with Crippen LogP contribution >= 0.6 is 0 Å². The molecule has 1 unspecified atom stereocenters. The Kier molecular flexibility index (Phi) is 6.79. The van der Waals surface area contributed by atoms with Crippen LogP contribution in [-0.2, 0) is 19.6 Å². The zero-order chi connectivity index (χ0) is 22.9. The Bertz CT molecular complexity index is 924. The summed E-state index contributed by atoms with van der Waals surface area (Å²) in [5, 5.41) is 7.12. The lowest BCUT2D eigenvalue weighted by Crippen LogP contribution is -2.64. The lowest BCUT2D eigenvalue weighted by atomic mass is 9.92. The Balaban J connectivity index is 0.000000396. The van der Waals surface area contributed by atoms with Gasteiger partial charge in [0, 0.05) is 25.3 Å². The molecule has 1 spiro atoms. The Morgan fingerprint density at radius 3 is 2.30 bits per heavy atom. The van der Waals surface area contributed by atoms with Gasteiger partial charge in [-0.3, -0.25) is 9.69 Å². The monoisotopic (exact) mass is 455 g/mol. The smallest absolute Gasteiger partial charge is 0.475 e. The van der Waals surface area contributed by atoms with E-state index in [1.807, 2.05) is 11.9 Å². The fourth-order valence-corrected chi connectivity index (χ4v) is 4.28. The van der Waals surface area contributed by atoms with Gasteiger partial charge in [0.05, 0.1) is 18.3 Å². The van der Waals surface area contributed by atoms with E-state index in [1.165, 1.54) is 22.7 Å². The topological polar surface area (TPSA) is 98.2 Å². The standard InChI is InChI=1S/C15H20FN3O3S.C2HF3O2/c1-17-9-14(20)19(13-5-3-4-12(16)8-13)11-15(17)6-7-18(10-15)23(2,21)22;3-2(4,5)1(6)7/h3-5,8H,6-7,9-11H2,1-2H3;(H,6,7). The van der Waals surface area contributed by atoms with Gasteiger partial charge in [0.1, 0.15) is 5.82 Å². The van der Waals surface area contributed by atoms with Gasteiger partial charge < -0.3 is 10.0 Å². The van der Waals surface area contributed by atoms with Crippen molar-refractivity contribution >= 4 is 27.6 Å². The van der Waals surface area contributed by atoms with Crippen molar-refractivity contribution in [1.29, 1.82) is 0 Å². The highest BCUT2D eigenvalue weighted by Gasteiger charge is 2.49. The minimum absolute atomic E-state index is 0.110. The fraction of sp³-hybridized carbons (Fsp3) is 0.529. The number of alkyl halides is 3. The molecule has 3 rings (SSSR count). The number of carbonyl (C=O) groups is 2. The van der Waals surface area contributed by atoms with Crippen molar-refractivity contribution in [2.24, 2.45) is 0 Å². The van der Waals surface area contributed by atoms with Gasteiger partial charge in [-0.15, -0.1) is 0 Å². The van der Waals surface area contributed by atoms with Crippen molar-refractivity contribution in [2.75, 3.05) is 44.4 Å². The summed E-state index contributed by atoms with van der Waals surface area (Å²) in [6.07, 6.45) is -3.24. The van der Waals surface area contributed by atoms with Crippen molar-refractivity contribution in [3.05, 3.63) is 30.1 Å². The number of halogens is 4. The molecule has 0 aromatic heterocycles. The van der Waals surface area contributed by atoms with Crippen LogP contribution in [0.3, 0.4) is 0 Å². The minimum atomic E-state index is -5.08. The molecular weight excluding hydrogens is 434 g/mol. The summed E-state index contributed by atoms with van der Waals surface area (Å²) in [6, 6.07) is 5.94. The SMILES string of the molecule is CN1CC(=O)N(c2cccc(F)c2)CC12CCN(S(C)(=O)=O)C2.O=C(O)C(F)(F)F. The van der Waals surface area contributed by atoms with Gasteiger partial charge >= 0.3 is 12.1 Å². The molecule has 168 valence electrons. The third-order valence-electron chi connectivity index (χ3n) is 5.06. The van der Waals surface area contributed by atoms with E-state index in [9.17, 15) is 30.8 Å². The molecule has 1 aromatic carbocycles. The molecule has 1 aromatic rings. The lowest BCUT2D eigenvalue weighted by Gasteiger charge is -2.46. The maximum absolute atomic E-state index is 13.5. The highest BCUT2D eigenvalue weighted by molar-refractivity contribution is 7.88. The normalized spacial score (nSPS) is 23.4. The van der Waals surface area contributed by atoms with E-state index >= 15 is 0 Å². The number of anilines is 1.